The summed E-state index contributed by atoms with van der Waals surface area (Å²) in [6, 6.07) is 6.59. The van der Waals surface area contributed by atoms with Gasteiger partial charge in [-0.2, -0.15) is 0 Å². The van der Waals surface area contributed by atoms with Gasteiger partial charge in [-0.15, -0.1) is 11.6 Å². The summed E-state index contributed by atoms with van der Waals surface area (Å²) in [5.74, 6) is -0.483. The monoisotopic (exact) mass is 316 g/mol. The number of rotatable bonds is 0. The lowest BCUT2D eigenvalue weighted by Crippen LogP contribution is -2.49. The van der Waals surface area contributed by atoms with Gasteiger partial charge in [0.25, 0.3) is 0 Å². The summed E-state index contributed by atoms with van der Waals surface area (Å²) in [5, 5.41) is -1.12. The summed E-state index contributed by atoms with van der Waals surface area (Å²) in [4.78, 5) is 12.0. The molecule has 1 aliphatic rings. The molecule has 0 bridgehead atoms. The number of benzene rings is 1. The molecule has 0 heterocycles. The highest BCUT2D eigenvalue weighted by atomic mass is 35.5. The summed E-state index contributed by atoms with van der Waals surface area (Å²) < 4.78 is -3.31. The molecule has 1 aliphatic carbocycles. The molecular weight excluding hydrogens is 313 g/mol. The molecule has 0 aromatic heterocycles. The summed E-state index contributed by atoms with van der Waals surface area (Å²) in [7, 11) is 0. The number of alkyl halides is 5. The van der Waals surface area contributed by atoms with Gasteiger partial charge in [0.2, 0.25) is 5.78 Å². The first-order valence-corrected chi connectivity index (χ1v) is 6.28. The molecule has 1 atom stereocenters. The smallest absolute Gasteiger partial charge is 0.200 e. The second-order valence-electron chi connectivity index (χ2n) is 3.48. The van der Waals surface area contributed by atoms with Crippen LogP contribution >= 0.6 is 58.0 Å². The second kappa shape index (κ2) is 3.93. The molecule has 0 aliphatic heterocycles. The Morgan fingerprint density at radius 2 is 1.56 bits per heavy atom. The van der Waals surface area contributed by atoms with Crippen LogP contribution in [-0.2, 0) is 4.33 Å². The topological polar surface area (TPSA) is 17.1 Å². The Labute approximate surface area is 118 Å². The number of carbonyl (C=O) groups excluding carboxylic acids is 1. The summed E-state index contributed by atoms with van der Waals surface area (Å²) >= 11 is 30.0. The van der Waals surface area contributed by atoms with Gasteiger partial charge in [0.15, 0.2) is 8.67 Å². The molecular formula is C10H5Cl5O. The van der Waals surface area contributed by atoms with E-state index >= 15 is 0 Å². The summed E-state index contributed by atoms with van der Waals surface area (Å²) in [6.45, 7) is 0. The van der Waals surface area contributed by atoms with Crippen molar-refractivity contribution >= 4 is 63.8 Å². The molecule has 0 radical (unpaired) electrons. The zero-order chi connectivity index (χ0) is 12.1. The average Bonchev–Trinajstić information content (AvgIpc) is 2.25. The number of halogens is 5. The van der Waals surface area contributed by atoms with E-state index in [1.807, 2.05) is 0 Å². The molecule has 0 N–H and O–H groups in total. The van der Waals surface area contributed by atoms with Gasteiger partial charge < -0.3 is 0 Å². The maximum atomic E-state index is 12.0. The number of ketones is 1. The van der Waals surface area contributed by atoms with E-state index in [9.17, 15) is 4.79 Å². The highest BCUT2D eigenvalue weighted by Crippen LogP contribution is 2.54. The molecule has 1 nitrogen and oxygen atoms in total. The maximum Gasteiger partial charge on any atom is 0.200 e. The molecule has 0 saturated carbocycles. The van der Waals surface area contributed by atoms with Gasteiger partial charge in [-0.3, -0.25) is 4.79 Å². The normalized spacial score (nSPS) is 26.3. The van der Waals surface area contributed by atoms with Crippen molar-refractivity contribution in [2.45, 2.75) is 14.0 Å². The minimum Gasteiger partial charge on any atom is -0.291 e. The van der Waals surface area contributed by atoms with Crippen molar-refractivity contribution in [3.05, 3.63) is 35.4 Å². The quantitative estimate of drug-likeness (QED) is 0.652. The lowest BCUT2D eigenvalue weighted by Gasteiger charge is -2.38. The Kier molecular flexibility index (Phi) is 3.14. The third-order valence-corrected chi connectivity index (χ3v) is 5.19. The van der Waals surface area contributed by atoms with Gasteiger partial charge in [-0.25, -0.2) is 0 Å². The third-order valence-electron chi connectivity index (χ3n) is 2.47. The lowest BCUT2D eigenvalue weighted by atomic mass is 9.88. The Morgan fingerprint density at radius 3 is 2.19 bits per heavy atom. The molecule has 1 aromatic carbocycles. The minimum atomic E-state index is -1.82. The number of Topliss-reactive ketones (excluding diaryl/α,β-unsaturated/α-hetero) is 1. The highest BCUT2D eigenvalue weighted by molar-refractivity contribution is 6.67. The molecule has 6 heteroatoms. The van der Waals surface area contributed by atoms with Crippen LogP contribution in [0.4, 0.5) is 0 Å². The molecule has 86 valence electrons. The van der Waals surface area contributed by atoms with Gasteiger partial charge in [0, 0.05) is 11.1 Å². The van der Waals surface area contributed by atoms with E-state index in [0.29, 0.717) is 11.1 Å². The van der Waals surface area contributed by atoms with E-state index in [2.05, 4.69) is 0 Å². The van der Waals surface area contributed by atoms with E-state index in [4.69, 9.17) is 58.0 Å². The van der Waals surface area contributed by atoms with Gasteiger partial charge in [-0.05, 0) is 0 Å². The van der Waals surface area contributed by atoms with Crippen molar-refractivity contribution in [2.75, 3.05) is 0 Å². The molecule has 2 rings (SSSR count). The van der Waals surface area contributed by atoms with E-state index in [1.165, 1.54) is 0 Å². The summed E-state index contributed by atoms with van der Waals surface area (Å²) in [6.07, 6.45) is 0. The average molecular weight is 318 g/mol. The predicted molar refractivity (Wildman–Crippen MR) is 68.2 cm³/mol. The van der Waals surface area contributed by atoms with Crippen LogP contribution in [0.15, 0.2) is 24.3 Å². The number of hydrogen-bond donors (Lipinski definition) is 0. The molecule has 0 spiro atoms. The van der Waals surface area contributed by atoms with Gasteiger partial charge >= 0.3 is 0 Å². The molecule has 0 fully saturated rings. The SMILES string of the molecule is O=C1c2ccccc2C(Cl)(Cl)C(Cl)C1(Cl)Cl. The fourth-order valence-electron chi connectivity index (χ4n) is 1.63. The van der Waals surface area contributed by atoms with Crippen molar-refractivity contribution < 1.29 is 4.79 Å². The largest absolute Gasteiger partial charge is 0.291 e. The molecule has 0 amide bonds. The number of carbonyl (C=O) groups is 1. The Hall–Kier alpha value is 0.340. The van der Waals surface area contributed by atoms with E-state index in [1.54, 1.807) is 24.3 Å². The number of hydrogen-bond acceptors (Lipinski definition) is 1. The highest BCUT2D eigenvalue weighted by Gasteiger charge is 2.57. The second-order valence-corrected chi connectivity index (χ2v) is 6.69. The van der Waals surface area contributed by atoms with Crippen LogP contribution in [0, 0.1) is 0 Å². The molecule has 1 aromatic rings. The van der Waals surface area contributed by atoms with Crippen LogP contribution in [0.1, 0.15) is 15.9 Å². The van der Waals surface area contributed by atoms with Crippen LogP contribution in [0.25, 0.3) is 0 Å². The standard InChI is InChI=1S/C10H5Cl5O/c11-8-9(12,13)6-4-2-1-3-5(6)7(16)10(8,14)15/h1-4,8H. The molecule has 1 unspecified atom stereocenters. The van der Waals surface area contributed by atoms with Crippen LogP contribution in [-0.4, -0.2) is 15.5 Å². The molecule has 16 heavy (non-hydrogen) atoms. The van der Waals surface area contributed by atoms with Gasteiger partial charge in [0.1, 0.15) is 5.38 Å². The Bertz CT molecular complexity index is 454. The van der Waals surface area contributed by atoms with Gasteiger partial charge in [-0.1, -0.05) is 70.7 Å². The predicted octanol–water partition coefficient (Wildman–Crippen LogP) is 4.29. The zero-order valence-corrected chi connectivity index (χ0v) is 11.5. The van der Waals surface area contributed by atoms with Crippen LogP contribution in [0.3, 0.4) is 0 Å². The van der Waals surface area contributed by atoms with Gasteiger partial charge in [0.05, 0.1) is 0 Å². The van der Waals surface area contributed by atoms with Crippen molar-refractivity contribution in [3.63, 3.8) is 0 Å². The minimum absolute atomic E-state index is 0.300. The fraction of sp³-hybridized carbons (Fsp3) is 0.300. The fourth-order valence-corrected chi connectivity index (χ4v) is 3.26. The van der Waals surface area contributed by atoms with E-state index in [-0.39, 0.29) is 0 Å². The first kappa shape index (κ1) is 12.8. The first-order chi connectivity index (χ1) is 7.29. The van der Waals surface area contributed by atoms with E-state index < -0.39 is 19.8 Å². The van der Waals surface area contributed by atoms with Crippen molar-refractivity contribution in [1.82, 2.24) is 0 Å². The maximum absolute atomic E-state index is 12.0. The molecule has 0 saturated heterocycles. The van der Waals surface area contributed by atoms with Crippen molar-refractivity contribution in [1.29, 1.82) is 0 Å². The Balaban J connectivity index is 2.73. The van der Waals surface area contributed by atoms with E-state index in [0.717, 1.165) is 0 Å². The first-order valence-electron chi connectivity index (χ1n) is 4.33. The van der Waals surface area contributed by atoms with Crippen molar-refractivity contribution in [2.24, 2.45) is 0 Å². The van der Waals surface area contributed by atoms with Crippen molar-refractivity contribution in [3.8, 4) is 0 Å². The summed E-state index contributed by atoms with van der Waals surface area (Å²) in [5.41, 5.74) is 0.731. The van der Waals surface area contributed by atoms with Crippen LogP contribution < -0.4 is 0 Å². The zero-order valence-electron chi connectivity index (χ0n) is 7.68. The Morgan fingerprint density at radius 1 is 1.00 bits per heavy atom. The third kappa shape index (κ3) is 1.65. The van der Waals surface area contributed by atoms with Crippen LogP contribution in [0.2, 0.25) is 0 Å². The van der Waals surface area contributed by atoms with Crippen LogP contribution in [0.5, 0.6) is 0 Å². The lowest BCUT2D eigenvalue weighted by molar-refractivity contribution is 0.0959. The number of fused-ring (bicyclic) bond motifs is 1.